The Bertz CT molecular complexity index is 568. The summed E-state index contributed by atoms with van der Waals surface area (Å²) in [5.74, 6) is -0.235. The molecule has 23 heavy (non-hydrogen) atoms. The number of hydrogen-bond acceptors (Lipinski definition) is 5. The van der Waals surface area contributed by atoms with Crippen molar-refractivity contribution >= 4 is 28.3 Å². The molecule has 0 radical (unpaired) electrons. The number of hydrogen-bond donors (Lipinski definition) is 1. The van der Waals surface area contributed by atoms with Crippen molar-refractivity contribution in [1.82, 2.24) is 15.1 Å². The number of nitrogens with zero attached hydrogens (tertiary/aromatic N) is 3. The number of likely N-dealkylation sites (tertiary alicyclic amines) is 1. The quantitative estimate of drug-likeness (QED) is 0.866. The number of carbonyl (C=O) groups excluding carboxylic acids is 2. The van der Waals surface area contributed by atoms with E-state index in [-0.39, 0.29) is 17.7 Å². The van der Waals surface area contributed by atoms with Gasteiger partial charge in [-0.1, -0.05) is 37.5 Å². The van der Waals surface area contributed by atoms with Gasteiger partial charge in [0.15, 0.2) is 0 Å². The van der Waals surface area contributed by atoms with Crippen LogP contribution in [-0.2, 0) is 16.0 Å². The van der Waals surface area contributed by atoms with Gasteiger partial charge in [0.05, 0.1) is 5.92 Å². The maximum atomic E-state index is 12.4. The van der Waals surface area contributed by atoms with Crippen LogP contribution >= 0.6 is 11.3 Å². The Labute approximate surface area is 140 Å². The Kier molecular flexibility index (Phi) is 5.25. The SMILES string of the molecule is CCCCc1nnc(NC(=O)C2CC(=O)N(C3CCCC3)C2)s1. The highest BCUT2D eigenvalue weighted by atomic mass is 32.1. The second-order valence-corrected chi connectivity index (χ2v) is 7.54. The van der Waals surface area contributed by atoms with E-state index in [1.807, 2.05) is 4.90 Å². The molecule has 0 bridgehead atoms. The van der Waals surface area contributed by atoms with Gasteiger partial charge in [-0.25, -0.2) is 0 Å². The van der Waals surface area contributed by atoms with E-state index in [2.05, 4.69) is 22.4 Å². The molecule has 0 aromatic carbocycles. The molecule has 1 atom stereocenters. The van der Waals surface area contributed by atoms with Gasteiger partial charge in [0.1, 0.15) is 5.01 Å². The van der Waals surface area contributed by atoms with Crippen LogP contribution < -0.4 is 5.32 Å². The van der Waals surface area contributed by atoms with E-state index in [9.17, 15) is 9.59 Å². The molecule has 1 saturated carbocycles. The fourth-order valence-electron chi connectivity index (χ4n) is 3.42. The van der Waals surface area contributed by atoms with Crippen molar-refractivity contribution in [3.8, 4) is 0 Å². The van der Waals surface area contributed by atoms with Crippen molar-refractivity contribution in [3.63, 3.8) is 0 Å². The maximum absolute atomic E-state index is 12.4. The lowest BCUT2D eigenvalue weighted by Gasteiger charge is -2.23. The van der Waals surface area contributed by atoms with Crippen LogP contribution in [0.1, 0.15) is 56.9 Å². The largest absolute Gasteiger partial charge is 0.339 e. The smallest absolute Gasteiger partial charge is 0.231 e. The minimum atomic E-state index is -0.258. The van der Waals surface area contributed by atoms with E-state index >= 15 is 0 Å². The number of aromatic nitrogens is 2. The molecular formula is C16H24N4O2S. The van der Waals surface area contributed by atoms with Gasteiger partial charge >= 0.3 is 0 Å². The highest BCUT2D eigenvalue weighted by molar-refractivity contribution is 7.15. The fraction of sp³-hybridized carbons (Fsp3) is 0.750. The molecule has 2 amide bonds. The predicted molar refractivity (Wildman–Crippen MR) is 89.2 cm³/mol. The van der Waals surface area contributed by atoms with E-state index in [1.165, 1.54) is 24.2 Å². The van der Waals surface area contributed by atoms with E-state index in [1.54, 1.807) is 0 Å². The average Bonchev–Trinajstić information content (AvgIpc) is 3.25. The number of unbranched alkanes of at least 4 members (excludes halogenated alkanes) is 1. The Morgan fingerprint density at radius 3 is 2.87 bits per heavy atom. The van der Waals surface area contributed by atoms with Crippen molar-refractivity contribution in [2.75, 3.05) is 11.9 Å². The minimum Gasteiger partial charge on any atom is -0.339 e. The predicted octanol–water partition coefficient (Wildman–Crippen LogP) is 2.61. The third-order valence-electron chi connectivity index (χ3n) is 4.74. The molecule has 1 aliphatic heterocycles. The summed E-state index contributed by atoms with van der Waals surface area (Å²) in [6, 6.07) is 0.350. The Hall–Kier alpha value is -1.50. The molecule has 1 aromatic rings. The van der Waals surface area contributed by atoms with Gasteiger partial charge in [0, 0.05) is 25.4 Å². The summed E-state index contributed by atoms with van der Waals surface area (Å²) in [4.78, 5) is 26.5. The Balaban J connectivity index is 1.54. The first-order valence-corrected chi connectivity index (χ1v) is 9.41. The summed E-state index contributed by atoms with van der Waals surface area (Å²) < 4.78 is 0. The van der Waals surface area contributed by atoms with Crippen LogP contribution in [0.15, 0.2) is 0 Å². The maximum Gasteiger partial charge on any atom is 0.231 e. The van der Waals surface area contributed by atoms with Crippen LogP contribution in [0.4, 0.5) is 5.13 Å². The zero-order valence-corrected chi connectivity index (χ0v) is 14.4. The molecule has 7 heteroatoms. The monoisotopic (exact) mass is 336 g/mol. The second-order valence-electron chi connectivity index (χ2n) is 6.48. The highest BCUT2D eigenvalue weighted by Gasteiger charge is 2.38. The summed E-state index contributed by atoms with van der Waals surface area (Å²) in [5.41, 5.74) is 0. The number of aryl methyl sites for hydroxylation is 1. The van der Waals surface area contributed by atoms with Crippen LogP contribution in [-0.4, -0.2) is 39.5 Å². The number of nitrogens with one attached hydrogen (secondary N) is 1. The lowest BCUT2D eigenvalue weighted by molar-refractivity contribution is -0.129. The zero-order chi connectivity index (χ0) is 16.2. The first kappa shape index (κ1) is 16.4. The van der Waals surface area contributed by atoms with Gasteiger partial charge in [-0.2, -0.15) is 0 Å². The van der Waals surface area contributed by atoms with E-state index in [4.69, 9.17) is 0 Å². The molecule has 3 rings (SSSR count). The molecule has 126 valence electrons. The standard InChI is InChI=1S/C16H24N4O2S/c1-2-3-8-13-18-19-16(23-13)17-15(22)11-9-14(21)20(10-11)12-6-4-5-7-12/h11-12H,2-10H2,1H3,(H,17,19,22). The van der Waals surface area contributed by atoms with Gasteiger partial charge in [0.2, 0.25) is 16.9 Å². The Morgan fingerprint density at radius 2 is 2.13 bits per heavy atom. The first-order chi connectivity index (χ1) is 11.2. The van der Waals surface area contributed by atoms with E-state index < -0.39 is 0 Å². The topological polar surface area (TPSA) is 75.2 Å². The van der Waals surface area contributed by atoms with Crippen LogP contribution in [0.25, 0.3) is 0 Å². The number of amides is 2. The number of anilines is 1. The molecule has 1 aromatic heterocycles. The van der Waals surface area contributed by atoms with Crippen LogP contribution in [0, 0.1) is 5.92 Å². The van der Waals surface area contributed by atoms with E-state index in [0.29, 0.717) is 24.1 Å². The van der Waals surface area contributed by atoms with E-state index in [0.717, 1.165) is 37.1 Å². The van der Waals surface area contributed by atoms with Crippen molar-refractivity contribution in [2.24, 2.45) is 5.92 Å². The van der Waals surface area contributed by atoms with Gasteiger partial charge in [-0.15, -0.1) is 10.2 Å². The van der Waals surface area contributed by atoms with Crippen LogP contribution in [0.5, 0.6) is 0 Å². The summed E-state index contributed by atoms with van der Waals surface area (Å²) in [7, 11) is 0. The normalized spacial score (nSPS) is 22.0. The molecule has 1 saturated heterocycles. The molecule has 1 aliphatic carbocycles. The van der Waals surface area contributed by atoms with Gasteiger partial charge in [0.25, 0.3) is 0 Å². The van der Waals surface area contributed by atoms with Crippen LogP contribution in [0.2, 0.25) is 0 Å². The molecule has 0 spiro atoms. The van der Waals surface area contributed by atoms with Gasteiger partial charge < -0.3 is 10.2 Å². The Morgan fingerprint density at radius 1 is 1.35 bits per heavy atom. The third-order valence-corrected chi connectivity index (χ3v) is 5.63. The van der Waals surface area contributed by atoms with Crippen LogP contribution in [0.3, 0.4) is 0 Å². The summed E-state index contributed by atoms with van der Waals surface area (Å²) in [6.45, 7) is 2.69. The zero-order valence-electron chi connectivity index (χ0n) is 13.6. The molecule has 6 nitrogen and oxygen atoms in total. The lowest BCUT2D eigenvalue weighted by atomic mass is 10.1. The average molecular weight is 336 g/mol. The first-order valence-electron chi connectivity index (χ1n) is 8.60. The van der Waals surface area contributed by atoms with Crippen molar-refractivity contribution in [3.05, 3.63) is 5.01 Å². The minimum absolute atomic E-state index is 0.1000. The summed E-state index contributed by atoms with van der Waals surface area (Å²) in [5, 5.41) is 12.5. The summed E-state index contributed by atoms with van der Waals surface area (Å²) >= 11 is 1.43. The highest BCUT2D eigenvalue weighted by Crippen LogP contribution is 2.30. The molecule has 1 N–H and O–H groups in total. The van der Waals surface area contributed by atoms with Crippen molar-refractivity contribution in [2.45, 2.75) is 64.3 Å². The number of rotatable bonds is 6. The number of carbonyl (C=O) groups is 2. The second kappa shape index (κ2) is 7.38. The fourth-order valence-corrected chi connectivity index (χ4v) is 4.20. The van der Waals surface area contributed by atoms with Gasteiger partial charge in [-0.05, 0) is 19.3 Å². The van der Waals surface area contributed by atoms with Crippen molar-refractivity contribution < 1.29 is 9.59 Å². The molecule has 2 aliphatic rings. The molecule has 1 unspecified atom stereocenters. The third kappa shape index (κ3) is 3.88. The molecule has 2 fully saturated rings. The van der Waals surface area contributed by atoms with Gasteiger partial charge in [-0.3, -0.25) is 9.59 Å². The molecule has 2 heterocycles. The lowest BCUT2D eigenvalue weighted by Crippen LogP contribution is -2.35. The summed E-state index contributed by atoms with van der Waals surface area (Å²) in [6.07, 6.45) is 7.96. The molecular weight excluding hydrogens is 312 g/mol. The van der Waals surface area contributed by atoms with Crippen molar-refractivity contribution in [1.29, 1.82) is 0 Å².